The van der Waals surface area contributed by atoms with Crippen molar-refractivity contribution >= 4 is 17.3 Å². The first-order valence-electron chi connectivity index (χ1n) is 6.59. The molecule has 19 heavy (non-hydrogen) atoms. The molecule has 0 bridgehead atoms. The summed E-state index contributed by atoms with van der Waals surface area (Å²) in [6, 6.07) is 4.31. The molecule has 2 rings (SSSR count). The number of nitrogens with zero attached hydrogens (tertiary/aromatic N) is 1. The lowest BCUT2D eigenvalue weighted by atomic mass is 10.2. The highest BCUT2D eigenvalue weighted by atomic mass is 35.5. The van der Waals surface area contributed by atoms with Crippen molar-refractivity contribution in [3.8, 4) is 11.5 Å². The molecule has 0 amide bonds. The van der Waals surface area contributed by atoms with E-state index in [1.165, 1.54) is 0 Å². The van der Waals surface area contributed by atoms with Crippen LogP contribution < -0.4 is 19.7 Å². The van der Waals surface area contributed by atoms with Gasteiger partial charge in [0.15, 0.2) is 0 Å². The number of benzene rings is 1. The Hall–Kier alpha value is -1.13. The third-order valence-electron chi connectivity index (χ3n) is 3.48. The summed E-state index contributed by atoms with van der Waals surface area (Å²) < 4.78 is 10.7. The normalized spacial score (nSPS) is 18.7. The summed E-state index contributed by atoms with van der Waals surface area (Å²) in [5, 5.41) is 4.06. The van der Waals surface area contributed by atoms with E-state index >= 15 is 0 Å². The lowest BCUT2D eigenvalue weighted by Crippen LogP contribution is -2.32. The number of nitrogens with one attached hydrogen (secondary N) is 1. The molecule has 4 nitrogen and oxygen atoms in total. The zero-order valence-corrected chi connectivity index (χ0v) is 12.5. The van der Waals surface area contributed by atoms with Crippen LogP contribution in [0.25, 0.3) is 0 Å². The minimum absolute atomic E-state index is 0.538. The van der Waals surface area contributed by atoms with Crippen LogP contribution in [0.15, 0.2) is 12.1 Å². The second kappa shape index (κ2) is 6.35. The predicted octanol–water partition coefficient (Wildman–Crippen LogP) is 2.55. The number of rotatable bonds is 5. The van der Waals surface area contributed by atoms with Gasteiger partial charge < -0.3 is 19.7 Å². The van der Waals surface area contributed by atoms with E-state index in [4.69, 9.17) is 21.1 Å². The van der Waals surface area contributed by atoms with Crippen LogP contribution in [0.5, 0.6) is 11.5 Å². The van der Waals surface area contributed by atoms with E-state index in [9.17, 15) is 0 Å². The van der Waals surface area contributed by atoms with E-state index in [0.29, 0.717) is 16.8 Å². The average Bonchev–Trinajstić information content (AvgIpc) is 2.87. The van der Waals surface area contributed by atoms with Gasteiger partial charge in [-0.3, -0.25) is 0 Å². The molecule has 5 heteroatoms. The van der Waals surface area contributed by atoms with Gasteiger partial charge in [-0.25, -0.2) is 0 Å². The molecule has 1 fully saturated rings. The quantitative estimate of drug-likeness (QED) is 0.901. The van der Waals surface area contributed by atoms with Crippen molar-refractivity contribution in [2.45, 2.75) is 19.4 Å². The van der Waals surface area contributed by atoms with E-state index < -0.39 is 0 Å². The van der Waals surface area contributed by atoms with Crippen LogP contribution in [0.1, 0.15) is 13.3 Å². The van der Waals surface area contributed by atoms with Gasteiger partial charge in [-0.15, -0.1) is 0 Å². The molecule has 0 aromatic heterocycles. The highest BCUT2D eigenvalue weighted by Crippen LogP contribution is 2.39. The highest BCUT2D eigenvalue weighted by molar-refractivity contribution is 6.32. The Labute approximate surface area is 119 Å². The molecule has 1 aromatic rings. The molecule has 106 valence electrons. The molecule has 1 N–H and O–H groups in total. The number of methoxy groups -OCH3 is 2. The molecule has 1 aliphatic rings. The monoisotopic (exact) mass is 284 g/mol. The minimum Gasteiger partial charge on any atom is -0.495 e. The van der Waals surface area contributed by atoms with Gasteiger partial charge in [0.25, 0.3) is 0 Å². The van der Waals surface area contributed by atoms with Gasteiger partial charge in [-0.05, 0) is 13.0 Å². The van der Waals surface area contributed by atoms with Gasteiger partial charge in [0.2, 0.25) is 0 Å². The van der Waals surface area contributed by atoms with Crippen molar-refractivity contribution in [2.75, 3.05) is 38.8 Å². The van der Waals surface area contributed by atoms with Crippen molar-refractivity contribution in [1.29, 1.82) is 0 Å². The van der Waals surface area contributed by atoms with E-state index in [1.807, 2.05) is 12.1 Å². The van der Waals surface area contributed by atoms with Crippen molar-refractivity contribution in [3.63, 3.8) is 0 Å². The summed E-state index contributed by atoms with van der Waals surface area (Å²) >= 11 is 6.13. The standard InChI is InChI=1S/C14H21ClN2O2/c1-4-16-10-5-6-17(9-10)12-8-13(18-2)11(15)7-14(12)19-3/h7-8,10,16H,4-6,9H2,1-3H3. The molecule has 1 aliphatic heterocycles. The number of anilines is 1. The summed E-state index contributed by atoms with van der Waals surface area (Å²) in [5.74, 6) is 1.48. The Morgan fingerprint density at radius 3 is 2.68 bits per heavy atom. The van der Waals surface area contributed by atoms with Gasteiger partial charge in [0, 0.05) is 31.3 Å². The Balaban J connectivity index is 2.24. The summed E-state index contributed by atoms with van der Waals surface area (Å²) in [7, 11) is 3.29. The highest BCUT2D eigenvalue weighted by Gasteiger charge is 2.25. The topological polar surface area (TPSA) is 33.7 Å². The SMILES string of the molecule is CCNC1CCN(c2cc(OC)c(Cl)cc2OC)C1. The zero-order chi connectivity index (χ0) is 13.8. The average molecular weight is 285 g/mol. The molecule has 0 saturated carbocycles. The predicted molar refractivity (Wildman–Crippen MR) is 78.9 cm³/mol. The lowest BCUT2D eigenvalue weighted by Gasteiger charge is -2.22. The second-order valence-electron chi connectivity index (χ2n) is 4.65. The number of hydrogen-bond donors (Lipinski definition) is 1. The van der Waals surface area contributed by atoms with Crippen LogP contribution in [-0.2, 0) is 0 Å². The maximum absolute atomic E-state index is 6.13. The summed E-state index contributed by atoms with van der Waals surface area (Å²) in [6.07, 6.45) is 1.14. The molecule has 1 atom stereocenters. The molecular weight excluding hydrogens is 264 g/mol. The van der Waals surface area contributed by atoms with E-state index in [2.05, 4.69) is 17.1 Å². The Kier molecular flexibility index (Phi) is 4.77. The molecule has 1 aromatic carbocycles. The minimum atomic E-state index is 0.538. The molecule has 1 saturated heterocycles. The molecule has 0 aliphatic carbocycles. The van der Waals surface area contributed by atoms with Gasteiger partial charge >= 0.3 is 0 Å². The van der Waals surface area contributed by atoms with Crippen LogP contribution in [0, 0.1) is 0 Å². The summed E-state index contributed by atoms with van der Waals surface area (Å²) in [4.78, 5) is 2.31. The maximum Gasteiger partial charge on any atom is 0.143 e. The zero-order valence-electron chi connectivity index (χ0n) is 11.7. The smallest absolute Gasteiger partial charge is 0.143 e. The van der Waals surface area contributed by atoms with E-state index in [1.54, 1.807) is 14.2 Å². The molecular formula is C14H21ClN2O2. The number of likely N-dealkylation sites (N-methyl/N-ethyl adjacent to an activating group) is 1. The molecule has 1 heterocycles. The van der Waals surface area contributed by atoms with Crippen LogP contribution in [0.4, 0.5) is 5.69 Å². The molecule has 1 unspecified atom stereocenters. The third kappa shape index (κ3) is 3.07. The van der Waals surface area contributed by atoms with Gasteiger partial charge in [-0.1, -0.05) is 18.5 Å². The van der Waals surface area contributed by atoms with E-state index in [-0.39, 0.29) is 0 Å². The number of ether oxygens (including phenoxy) is 2. The molecule has 0 spiro atoms. The second-order valence-corrected chi connectivity index (χ2v) is 5.06. The lowest BCUT2D eigenvalue weighted by molar-refractivity contribution is 0.403. The number of hydrogen-bond acceptors (Lipinski definition) is 4. The Morgan fingerprint density at radius 2 is 2.05 bits per heavy atom. The first-order valence-corrected chi connectivity index (χ1v) is 6.97. The fourth-order valence-corrected chi connectivity index (χ4v) is 2.76. The van der Waals surface area contributed by atoms with Crippen molar-refractivity contribution in [3.05, 3.63) is 17.2 Å². The van der Waals surface area contributed by atoms with Crippen LogP contribution >= 0.6 is 11.6 Å². The van der Waals surface area contributed by atoms with Gasteiger partial charge in [0.05, 0.1) is 24.9 Å². The van der Waals surface area contributed by atoms with Crippen LogP contribution in [-0.4, -0.2) is 39.9 Å². The molecule has 0 radical (unpaired) electrons. The van der Waals surface area contributed by atoms with Crippen molar-refractivity contribution in [1.82, 2.24) is 5.32 Å². The maximum atomic E-state index is 6.13. The van der Waals surface area contributed by atoms with Crippen LogP contribution in [0.2, 0.25) is 5.02 Å². The Morgan fingerprint density at radius 1 is 1.32 bits per heavy atom. The number of halogens is 1. The largest absolute Gasteiger partial charge is 0.495 e. The summed E-state index contributed by atoms with van der Waals surface area (Å²) in [6.45, 7) is 5.13. The summed E-state index contributed by atoms with van der Waals surface area (Å²) in [5.41, 5.74) is 1.05. The van der Waals surface area contributed by atoms with Crippen molar-refractivity contribution in [2.24, 2.45) is 0 Å². The van der Waals surface area contributed by atoms with E-state index in [0.717, 1.165) is 37.5 Å². The van der Waals surface area contributed by atoms with Crippen molar-refractivity contribution < 1.29 is 9.47 Å². The third-order valence-corrected chi connectivity index (χ3v) is 3.77. The van der Waals surface area contributed by atoms with Gasteiger partial charge in [0.1, 0.15) is 11.5 Å². The fraction of sp³-hybridized carbons (Fsp3) is 0.571. The van der Waals surface area contributed by atoms with Crippen LogP contribution in [0.3, 0.4) is 0 Å². The first kappa shape index (κ1) is 14.3. The first-order chi connectivity index (χ1) is 9.19. The van der Waals surface area contributed by atoms with Gasteiger partial charge in [-0.2, -0.15) is 0 Å². The fourth-order valence-electron chi connectivity index (χ4n) is 2.53. The Bertz CT molecular complexity index is 440.